The van der Waals surface area contributed by atoms with Gasteiger partial charge in [0, 0.05) is 6.04 Å². The minimum atomic E-state index is -0.211. The number of hydrogen-bond donors (Lipinski definition) is 2. The summed E-state index contributed by atoms with van der Waals surface area (Å²) < 4.78 is 0. The van der Waals surface area contributed by atoms with E-state index in [4.69, 9.17) is 10.8 Å². The lowest BCUT2D eigenvalue weighted by molar-refractivity contribution is 0.208. The van der Waals surface area contributed by atoms with E-state index in [1.54, 1.807) is 0 Å². The molecule has 0 amide bonds. The molecule has 1 unspecified atom stereocenters. The summed E-state index contributed by atoms with van der Waals surface area (Å²) in [7, 11) is 0. The monoisotopic (exact) mass is 211 g/mol. The molecule has 0 radical (unpaired) electrons. The Morgan fingerprint density at radius 1 is 1.27 bits per heavy atom. The molecule has 88 valence electrons. The minimum absolute atomic E-state index is 0.0318. The van der Waals surface area contributed by atoms with E-state index < -0.39 is 0 Å². The average molecular weight is 211 g/mol. The molecule has 1 rings (SSSR count). The summed E-state index contributed by atoms with van der Waals surface area (Å²) in [5.41, 5.74) is 6.40. The highest BCUT2D eigenvalue weighted by Crippen LogP contribution is 2.54. The fourth-order valence-corrected chi connectivity index (χ4v) is 2.85. The molecule has 2 heteroatoms. The van der Waals surface area contributed by atoms with Crippen molar-refractivity contribution in [2.45, 2.75) is 46.6 Å². The smallest absolute Gasteiger partial charge is 0.0618 e. The lowest BCUT2D eigenvalue weighted by atomic mass is 9.72. The first kappa shape index (κ1) is 12.7. The van der Waals surface area contributed by atoms with E-state index in [-0.39, 0.29) is 12.6 Å². The van der Waals surface area contributed by atoms with Crippen molar-refractivity contribution in [3.8, 4) is 0 Å². The zero-order valence-corrected chi connectivity index (χ0v) is 10.5. The van der Waals surface area contributed by atoms with E-state index in [1.807, 2.05) is 6.08 Å². The van der Waals surface area contributed by atoms with Gasteiger partial charge in [0.25, 0.3) is 0 Å². The lowest BCUT2D eigenvalue weighted by Gasteiger charge is -2.33. The Balaban J connectivity index is 2.77. The van der Waals surface area contributed by atoms with Crippen LogP contribution in [0.3, 0.4) is 0 Å². The second-order valence-corrected chi connectivity index (χ2v) is 6.19. The quantitative estimate of drug-likeness (QED) is 0.704. The normalized spacial score (nSPS) is 27.3. The molecular weight excluding hydrogens is 186 g/mol. The number of rotatable bonds is 3. The van der Waals surface area contributed by atoms with Gasteiger partial charge in [-0.05, 0) is 29.6 Å². The van der Waals surface area contributed by atoms with Gasteiger partial charge in [0.05, 0.1) is 6.61 Å². The second-order valence-electron chi connectivity index (χ2n) is 6.19. The molecule has 1 atom stereocenters. The molecule has 0 aromatic heterocycles. The van der Waals surface area contributed by atoms with Gasteiger partial charge < -0.3 is 10.8 Å². The molecule has 0 heterocycles. The van der Waals surface area contributed by atoms with Crippen LogP contribution in [0.1, 0.15) is 40.5 Å². The SMILES string of the molecule is CC1(C)CCC(C)(C)C1/C=C/C(N)CO. The van der Waals surface area contributed by atoms with Gasteiger partial charge in [0.1, 0.15) is 0 Å². The third kappa shape index (κ3) is 2.82. The molecule has 1 saturated carbocycles. The third-order valence-electron chi connectivity index (χ3n) is 3.86. The van der Waals surface area contributed by atoms with Crippen molar-refractivity contribution < 1.29 is 5.11 Å². The molecule has 0 aromatic carbocycles. The molecule has 0 aliphatic heterocycles. The summed E-state index contributed by atoms with van der Waals surface area (Å²) >= 11 is 0. The fourth-order valence-electron chi connectivity index (χ4n) is 2.85. The van der Waals surface area contributed by atoms with Gasteiger partial charge in [-0.15, -0.1) is 0 Å². The molecule has 1 fully saturated rings. The zero-order chi connectivity index (χ0) is 11.7. The van der Waals surface area contributed by atoms with Crippen LogP contribution >= 0.6 is 0 Å². The highest BCUT2D eigenvalue weighted by atomic mass is 16.3. The Morgan fingerprint density at radius 2 is 1.73 bits per heavy atom. The highest BCUT2D eigenvalue weighted by Gasteiger charge is 2.45. The third-order valence-corrected chi connectivity index (χ3v) is 3.86. The fraction of sp³-hybridized carbons (Fsp3) is 0.846. The molecule has 0 spiro atoms. The molecule has 0 saturated heterocycles. The standard InChI is InChI=1S/C13H25NO/c1-12(2)7-8-13(3,4)11(12)6-5-10(14)9-15/h5-6,10-11,15H,7-9,14H2,1-4H3/b6-5+. The van der Waals surface area contributed by atoms with Gasteiger partial charge in [0.2, 0.25) is 0 Å². The summed E-state index contributed by atoms with van der Waals surface area (Å²) in [5.74, 6) is 0.558. The van der Waals surface area contributed by atoms with Crippen molar-refractivity contribution >= 4 is 0 Å². The number of hydrogen-bond acceptors (Lipinski definition) is 2. The molecule has 0 aromatic rings. The molecule has 0 bridgehead atoms. The highest BCUT2D eigenvalue weighted by molar-refractivity contribution is 5.08. The van der Waals surface area contributed by atoms with E-state index in [0.29, 0.717) is 16.7 Å². The van der Waals surface area contributed by atoms with Gasteiger partial charge >= 0.3 is 0 Å². The van der Waals surface area contributed by atoms with Crippen LogP contribution in [0.5, 0.6) is 0 Å². The maximum Gasteiger partial charge on any atom is 0.0618 e. The van der Waals surface area contributed by atoms with E-state index in [1.165, 1.54) is 12.8 Å². The van der Waals surface area contributed by atoms with E-state index in [2.05, 4.69) is 33.8 Å². The van der Waals surface area contributed by atoms with Crippen molar-refractivity contribution in [1.82, 2.24) is 0 Å². The van der Waals surface area contributed by atoms with Crippen LogP contribution in [0.15, 0.2) is 12.2 Å². The number of aliphatic hydroxyl groups excluding tert-OH is 1. The first-order chi connectivity index (χ1) is 6.79. The Hall–Kier alpha value is -0.340. The maximum atomic E-state index is 8.89. The van der Waals surface area contributed by atoms with E-state index >= 15 is 0 Å². The van der Waals surface area contributed by atoms with Crippen molar-refractivity contribution in [3.63, 3.8) is 0 Å². The van der Waals surface area contributed by atoms with Crippen LogP contribution in [0, 0.1) is 16.7 Å². The summed E-state index contributed by atoms with van der Waals surface area (Å²) in [6.07, 6.45) is 6.71. The van der Waals surface area contributed by atoms with Crippen LogP contribution in [-0.4, -0.2) is 17.8 Å². The van der Waals surface area contributed by atoms with Gasteiger partial charge in [-0.2, -0.15) is 0 Å². The van der Waals surface area contributed by atoms with Crippen LogP contribution in [0.4, 0.5) is 0 Å². The van der Waals surface area contributed by atoms with Gasteiger partial charge in [-0.3, -0.25) is 0 Å². The first-order valence-electron chi connectivity index (χ1n) is 5.84. The Bertz CT molecular complexity index is 227. The summed E-state index contributed by atoms with van der Waals surface area (Å²) in [6.45, 7) is 9.31. The summed E-state index contributed by atoms with van der Waals surface area (Å²) in [6, 6.07) is -0.211. The molecule has 3 N–H and O–H groups in total. The first-order valence-corrected chi connectivity index (χ1v) is 5.84. The van der Waals surface area contributed by atoms with Crippen molar-refractivity contribution in [2.75, 3.05) is 6.61 Å². The van der Waals surface area contributed by atoms with Crippen LogP contribution < -0.4 is 5.73 Å². The topological polar surface area (TPSA) is 46.2 Å². The molecule has 15 heavy (non-hydrogen) atoms. The predicted molar refractivity (Wildman–Crippen MR) is 64.5 cm³/mol. The van der Waals surface area contributed by atoms with Gasteiger partial charge in [0.15, 0.2) is 0 Å². The molecule has 2 nitrogen and oxygen atoms in total. The second kappa shape index (κ2) is 4.26. The van der Waals surface area contributed by atoms with E-state index in [0.717, 1.165) is 0 Å². The lowest BCUT2D eigenvalue weighted by Crippen LogP contribution is -2.27. The molecule has 1 aliphatic carbocycles. The van der Waals surface area contributed by atoms with Crippen LogP contribution in [0.25, 0.3) is 0 Å². The van der Waals surface area contributed by atoms with Crippen molar-refractivity contribution in [3.05, 3.63) is 12.2 Å². The van der Waals surface area contributed by atoms with Crippen molar-refractivity contribution in [2.24, 2.45) is 22.5 Å². The summed E-state index contributed by atoms with van der Waals surface area (Å²) in [5, 5.41) is 8.89. The predicted octanol–water partition coefficient (Wildman–Crippen LogP) is 2.32. The maximum absolute atomic E-state index is 8.89. The van der Waals surface area contributed by atoms with E-state index in [9.17, 15) is 0 Å². The van der Waals surface area contributed by atoms with Crippen molar-refractivity contribution in [1.29, 1.82) is 0 Å². The number of allylic oxidation sites excluding steroid dienone is 1. The zero-order valence-electron chi connectivity index (χ0n) is 10.5. The Labute approximate surface area is 93.6 Å². The van der Waals surface area contributed by atoms with Crippen LogP contribution in [0.2, 0.25) is 0 Å². The Kier molecular flexibility index (Phi) is 3.62. The largest absolute Gasteiger partial charge is 0.394 e. The Morgan fingerprint density at radius 3 is 2.13 bits per heavy atom. The van der Waals surface area contributed by atoms with Gasteiger partial charge in [-0.1, -0.05) is 39.8 Å². The minimum Gasteiger partial charge on any atom is -0.394 e. The van der Waals surface area contributed by atoms with Crippen LogP contribution in [-0.2, 0) is 0 Å². The van der Waals surface area contributed by atoms with Gasteiger partial charge in [-0.25, -0.2) is 0 Å². The number of aliphatic hydroxyl groups is 1. The molecular formula is C13H25NO. The average Bonchev–Trinajstić information content (AvgIpc) is 2.34. The molecule has 1 aliphatic rings. The number of nitrogens with two attached hydrogens (primary N) is 1. The summed E-state index contributed by atoms with van der Waals surface area (Å²) in [4.78, 5) is 0.